The summed E-state index contributed by atoms with van der Waals surface area (Å²) in [7, 11) is 3.04. The molecule has 3 N–H and O–H groups in total. The summed E-state index contributed by atoms with van der Waals surface area (Å²) in [4.78, 5) is 24.6. The molecule has 13 heteroatoms. The first-order valence-corrected chi connectivity index (χ1v) is 13.6. The molecule has 1 aliphatic rings. The number of nitrogens with two attached hydrogens (primary N) is 1. The van der Waals surface area contributed by atoms with E-state index in [2.05, 4.69) is 25.3 Å². The van der Waals surface area contributed by atoms with Gasteiger partial charge in [-0.15, -0.1) is 0 Å². The highest BCUT2D eigenvalue weighted by Crippen LogP contribution is 2.33. The van der Waals surface area contributed by atoms with Gasteiger partial charge in [0.2, 0.25) is 5.95 Å². The lowest BCUT2D eigenvalue weighted by molar-refractivity contribution is 0.0906. The van der Waals surface area contributed by atoms with Gasteiger partial charge in [-0.3, -0.25) is 4.98 Å². The summed E-state index contributed by atoms with van der Waals surface area (Å²) in [5, 5.41) is 7.79. The van der Waals surface area contributed by atoms with E-state index in [1.54, 1.807) is 42.7 Å². The number of rotatable bonds is 8. The van der Waals surface area contributed by atoms with Crippen molar-refractivity contribution in [1.82, 2.24) is 24.5 Å². The van der Waals surface area contributed by atoms with Crippen LogP contribution in [-0.4, -0.2) is 76.5 Å². The molecule has 0 saturated carbocycles. The number of hydrogen-bond acceptors (Lipinski definition) is 9. The van der Waals surface area contributed by atoms with Crippen molar-refractivity contribution in [2.45, 2.75) is 32.5 Å². The number of pyridine rings is 1. The number of aromatic nitrogens is 4. The molecule has 0 unspecified atom stereocenters. The second-order valence-corrected chi connectivity index (χ2v) is 10.3. The standard InChI is InChI=1S/C29H34F2N8O3/c1-5-42-16-18-10-20(30)26(21(31)11-18)23-7-6-19-12-34-28(39(19)36-23)35-24-13-33-9-8-25(24)38-14-17(2)27(22(32)15-38)37(3)29(40)41-4/h6-13,17,22,27H,5,14-16,32H2,1-4H3,(H,34,35)/t17-,22+,27-/m0/s1. The maximum absolute atomic E-state index is 15.0. The number of nitrogens with one attached hydrogen (secondary N) is 1. The molecule has 3 atom stereocenters. The van der Waals surface area contributed by atoms with Crippen LogP contribution in [0.25, 0.3) is 16.8 Å². The van der Waals surface area contributed by atoms with Crippen molar-refractivity contribution >= 4 is 28.9 Å². The van der Waals surface area contributed by atoms with E-state index in [0.29, 0.717) is 42.4 Å². The predicted molar refractivity (Wildman–Crippen MR) is 154 cm³/mol. The van der Waals surface area contributed by atoms with Crippen molar-refractivity contribution in [3.8, 4) is 11.3 Å². The molecule has 11 nitrogen and oxygen atoms in total. The molecule has 4 heterocycles. The molecule has 1 fully saturated rings. The van der Waals surface area contributed by atoms with Gasteiger partial charge >= 0.3 is 6.09 Å². The van der Waals surface area contributed by atoms with Crippen LogP contribution in [-0.2, 0) is 16.1 Å². The van der Waals surface area contributed by atoms with Gasteiger partial charge in [0.15, 0.2) is 0 Å². The van der Waals surface area contributed by atoms with Gasteiger partial charge in [-0.1, -0.05) is 6.92 Å². The summed E-state index contributed by atoms with van der Waals surface area (Å²) in [5.74, 6) is -1.08. The Balaban J connectivity index is 1.42. The Bertz CT molecular complexity index is 1550. The number of methoxy groups -OCH3 is 1. The van der Waals surface area contributed by atoms with Crippen LogP contribution in [0.1, 0.15) is 19.4 Å². The zero-order chi connectivity index (χ0) is 30.0. The van der Waals surface area contributed by atoms with Crippen molar-refractivity contribution in [2.75, 3.05) is 44.1 Å². The maximum atomic E-state index is 15.0. The Morgan fingerprint density at radius 2 is 1.95 bits per heavy atom. The van der Waals surface area contributed by atoms with Crippen molar-refractivity contribution in [1.29, 1.82) is 0 Å². The van der Waals surface area contributed by atoms with Crippen molar-refractivity contribution < 1.29 is 23.0 Å². The molecule has 42 heavy (non-hydrogen) atoms. The first-order valence-electron chi connectivity index (χ1n) is 13.6. The molecule has 5 rings (SSSR count). The Morgan fingerprint density at radius 1 is 1.19 bits per heavy atom. The summed E-state index contributed by atoms with van der Waals surface area (Å²) in [6, 6.07) is 7.11. The molecule has 0 spiro atoms. The minimum atomic E-state index is -0.729. The van der Waals surface area contributed by atoms with Gasteiger partial charge in [0.1, 0.15) is 11.6 Å². The minimum absolute atomic E-state index is 0.0417. The van der Waals surface area contributed by atoms with Crippen LogP contribution in [0.5, 0.6) is 0 Å². The smallest absolute Gasteiger partial charge is 0.409 e. The van der Waals surface area contributed by atoms with E-state index in [1.165, 1.54) is 23.8 Å². The monoisotopic (exact) mass is 580 g/mol. The molecule has 1 aliphatic heterocycles. The lowest BCUT2D eigenvalue weighted by atomic mass is 9.89. The second-order valence-electron chi connectivity index (χ2n) is 10.3. The molecule has 1 aromatic carbocycles. The molecule has 0 aliphatic carbocycles. The van der Waals surface area contributed by atoms with Crippen molar-refractivity contribution in [3.63, 3.8) is 0 Å². The normalized spacial score (nSPS) is 18.7. The fourth-order valence-electron chi connectivity index (χ4n) is 5.60. The summed E-state index contributed by atoms with van der Waals surface area (Å²) < 4.78 is 41.7. The third-order valence-corrected chi connectivity index (χ3v) is 7.47. The Kier molecular flexibility index (Phi) is 8.50. The van der Waals surface area contributed by atoms with E-state index in [0.717, 1.165) is 5.69 Å². The van der Waals surface area contributed by atoms with Gasteiger partial charge in [-0.05, 0) is 48.7 Å². The number of benzene rings is 1. The number of halogens is 2. The van der Waals surface area contributed by atoms with Gasteiger partial charge in [0.05, 0.1) is 60.3 Å². The SMILES string of the molecule is CCOCc1cc(F)c(-c2ccc3cnc(Nc4cnccc4N4C[C@@H](N)[C@@H](N(C)C(=O)OC)[C@@H](C)C4)n3n2)c(F)c1. The Hall–Kier alpha value is -4.36. The van der Waals surface area contributed by atoms with Gasteiger partial charge in [0, 0.05) is 39.0 Å². The largest absolute Gasteiger partial charge is 0.453 e. The third kappa shape index (κ3) is 5.70. The highest BCUT2D eigenvalue weighted by molar-refractivity contribution is 5.74. The van der Waals surface area contributed by atoms with E-state index in [4.69, 9.17) is 15.2 Å². The fraction of sp³-hybridized carbons (Fsp3) is 0.379. The van der Waals surface area contributed by atoms with Crippen LogP contribution in [0.3, 0.4) is 0 Å². The van der Waals surface area contributed by atoms with Crippen LogP contribution < -0.4 is 16.0 Å². The molecular weight excluding hydrogens is 546 g/mol. The number of piperidine rings is 1. The molecule has 4 aromatic rings. The number of carbonyl (C=O) groups is 1. The summed E-state index contributed by atoms with van der Waals surface area (Å²) in [6.45, 7) is 5.52. The fourth-order valence-corrected chi connectivity index (χ4v) is 5.60. The highest BCUT2D eigenvalue weighted by atomic mass is 19.1. The molecule has 222 valence electrons. The Labute approximate surface area is 242 Å². The van der Waals surface area contributed by atoms with E-state index < -0.39 is 17.7 Å². The Morgan fingerprint density at radius 3 is 2.64 bits per heavy atom. The quantitative estimate of drug-likeness (QED) is 0.316. The molecule has 1 amide bonds. The summed E-state index contributed by atoms with van der Waals surface area (Å²) in [5.41, 5.74) is 8.95. The first kappa shape index (κ1) is 29.1. The van der Waals surface area contributed by atoms with Crippen LogP contribution in [0.2, 0.25) is 0 Å². The first-order chi connectivity index (χ1) is 20.2. The number of ether oxygens (including phenoxy) is 2. The number of fused-ring (bicyclic) bond motifs is 1. The number of carbonyl (C=O) groups excluding carboxylic acids is 1. The van der Waals surface area contributed by atoms with E-state index >= 15 is 8.78 Å². The maximum Gasteiger partial charge on any atom is 0.409 e. The van der Waals surface area contributed by atoms with Gasteiger partial charge in [-0.2, -0.15) is 9.61 Å². The minimum Gasteiger partial charge on any atom is -0.453 e. The average Bonchev–Trinajstić information content (AvgIpc) is 3.37. The highest BCUT2D eigenvalue weighted by Gasteiger charge is 2.38. The van der Waals surface area contributed by atoms with Crippen LogP contribution in [0.15, 0.2) is 48.9 Å². The zero-order valence-corrected chi connectivity index (χ0v) is 23.9. The van der Waals surface area contributed by atoms with Gasteiger partial charge in [0.25, 0.3) is 0 Å². The van der Waals surface area contributed by atoms with Gasteiger partial charge < -0.3 is 30.3 Å². The van der Waals surface area contributed by atoms with Gasteiger partial charge in [-0.25, -0.2) is 18.6 Å². The third-order valence-electron chi connectivity index (χ3n) is 7.47. The number of anilines is 3. The molecule has 3 aromatic heterocycles. The molecular formula is C29H34F2N8O3. The second kappa shape index (κ2) is 12.2. The van der Waals surface area contributed by atoms with E-state index in [-0.39, 0.29) is 35.9 Å². The van der Waals surface area contributed by atoms with Crippen molar-refractivity contribution in [3.05, 3.63) is 66.1 Å². The van der Waals surface area contributed by atoms with Crippen LogP contribution in [0.4, 0.5) is 30.9 Å². The van der Waals surface area contributed by atoms with E-state index in [9.17, 15) is 4.79 Å². The number of amides is 1. The van der Waals surface area contributed by atoms with Crippen LogP contribution in [0, 0.1) is 17.6 Å². The average molecular weight is 581 g/mol. The van der Waals surface area contributed by atoms with Crippen LogP contribution >= 0.6 is 0 Å². The molecule has 0 radical (unpaired) electrons. The number of likely N-dealkylation sites (N-methyl/N-ethyl adjacent to an activating group) is 1. The lowest BCUT2D eigenvalue weighted by Crippen LogP contribution is -2.62. The summed E-state index contributed by atoms with van der Waals surface area (Å²) in [6.07, 6.45) is 4.53. The molecule has 1 saturated heterocycles. The van der Waals surface area contributed by atoms with Crippen molar-refractivity contribution in [2.24, 2.45) is 11.7 Å². The number of imidazole rings is 1. The molecule has 0 bridgehead atoms. The lowest BCUT2D eigenvalue weighted by Gasteiger charge is -2.45. The summed E-state index contributed by atoms with van der Waals surface area (Å²) >= 11 is 0. The predicted octanol–water partition coefficient (Wildman–Crippen LogP) is 4.20. The van der Waals surface area contributed by atoms with E-state index in [1.807, 2.05) is 19.9 Å². The number of hydrogen-bond donors (Lipinski definition) is 2. The zero-order valence-electron chi connectivity index (χ0n) is 23.9. The number of nitrogens with zero attached hydrogens (tertiary/aromatic N) is 6. The topological polar surface area (TPSA) is 123 Å².